The summed E-state index contributed by atoms with van der Waals surface area (Å²) in [7, 11) is 0. The molecule has 0 fully saturated rings. The number of nitrogens with zero attached hydrogens (tertiary/aromatic N) is 1. The Bertz CT molecular complexity index is 639. The lowest BCUT2D eigenvalue weighted by atomic mass is 10.2. The molecule has 0 aliphatic rings. The summed E-state index contributed by atoms with van der Waals surface area (Å²) in [6, 6.07) is 5.14. The zero-order chi connectivity index (χ0) is 14.5. The first-order chi connectivity index (χ1) is 9.61. The van der Waals surface area contributed by atoms with Crippen LogP contribution in [0.5, 0.6) is 0 Å². The van der Waals surface area contributed by atoms with Crippen molar-refractivity contribution in [1.29, 1.82) is 0 Å². The monoisotopic (exact) mass is 293 g/mol. The van der Waals surface area contributed by atoms with Crippen molar-refractivity contribution in [2.75, 3.05) is 6.54 Å². The molecule has 1 aromatic carbocycles. The first-order valence-corrected chi connectivity index (χ1v) is 7.42. The number of aromatic amines is 1. The average Bonchev–Trinajstić information content (AvgIpc) is 2.42. The molecule has 0 saturated carbocycles. The third-order valence-corrected chi connectivity index (χ3v) is 3.56. The van der Waals surface area contributed by atoms with E-state index in [0.29, 0.717) is 21.7 Å². The number of hydrogen-bond donors (Lipinski definition) is 2. The molecule has 0 radical (unpaired) electrons. The van der Waals surface area contributed by atoms with Crippen LogP contribution in [0.25, 0.3) is 10.9 Å². The third-order valence-electron chi connectivity index (χ3n) is 3.33. The highest BCUT2D eigenvalue weighted by Gasteiger charge is 2.10. The van der Waals surface area contributed by atoms with Crippen molar-refractivity contribution < 1.29 is 0 Å². The van der Waals surface area contributed by atoms with Gasteiger partial charge in [-0.15, -0.1) is 0 Å². The normalized spacial score (nSPS) is 12.8. The fourth-order valence-electron chi connectivity index (χ4n) is 2.13. The number of rotatable bonds is 6. The van der Waals surface area contributed by atoms with Crippen LogP contribution in [-0.4, -0.2) is 16.5 Å². The number of fused-ring (bicyclic) bond motifs is 1. The second kappa shape index (κ2) is 6.86. The lowest BCUT2D eigenvalue weighted by Crippen LogP contribution is -2.24. The number of unbranched alkanes of at least 4 members (excludes halogenated alkanes) is 2. The molecule has 0 spiro atoms. The highest BCUT2D eigenvalue weighted by atomic mass is 35.5. The number of H-pyrrole nitrogens is 1. The molecule has 0 aliphatic heterocycles. The Labute approximate surface area is 123 Å². The molecule has 5 heteroatoms. The van der Waals surface area contributed by atoms with E-state index in [1.807, 2.05) is 6.92 Å². The van der Waals surface area contributed by atoms with Crippen LogP contribution < -0.4 is 10.9 Å². The smallest absolute Gasteiger partial charge is 0.258 e. The molecule has 0 bridgehead atoms. The Morgan fingerprint density at radius 3 is 2.95 bits per heavy atom. The standard InChI is InChI=1S/C15H20ClN3O/c1-3-4-5-8-17-10(2)14-18-13-9-11(16)6-7-12(13)15(20)19-14/h6-7,9-10,17H,3-5,8H2,1-2H3,(H,18,19,20)/t10-/m0/s1. The van der Waals surface area contributed by atoms with E-state index in [-0.39, 0.29) is 11.6 Å². The molecule has 0 amide bonds. The molecule has 0 saturated heterocycles. The molecule has 0 aliphatic carbocycles. The summed E-state index contributed by atoms with van der Waals surface area (Å²) in [5.41, 5.74) is 0.516. The predicted molar refractivity (Wildman–Crippen MR) is 83.3 cm³/mol. The van der Waals surface area contributed by atoms with Crippen LogP contribution in [0.1, 0.15) is 45.0 Å². The zero-order valence-corrected chi connectivity index (χ0v) is 12.6. The second-order valence-electron chi connectivity index (χ2n) is 5.00. The minimum absolute atomic E-state index is 0.0166. The van der Waals surface area contributed by atoms with Crippen LogP contribution >= 0.6 is 11.6 Å². The van der Waals surface area contributed by atoms with E-state index in [4.69, 9.17) is 11.6 Å². The number of benzene rings is 1. The van der Waals surface area contributed by atoms with Crippen molar-refractivity contribution in [2.45, 2.75) is 39.2 Å². The SMILES string of the molecule is CCCCCN[C@@H](C)c1nc2cc(Cl)ccc2c(=O)[nH]1. The van der Waals surface area contributed by atoms with E-state index in [1.165, 1.54) is 12.8 Å². The second-order valence-corrected chi connectivity index (χ2v) is 5.43. The molecular weight excluding hydrogens is 274 g/mol. The predicted octanol–water partition coefficient (Wildman–Crippen LogP) is 3.42. The lowest BCUT2D eigenvalue weighted by molar-refractivity contribution is 0.524. The van der Waals surface area contributed by atoms with Gasteiger partial charge in [0.1, 0.15) is 5.82 Å². The molecule has 0 unspecified atom stereocenters. The van der Waals surface area contributed by atoms with Gasteiger partial charge in [0.2, 0.25) is 0 Å². The molecule has 2 N–H and O–H groups in total. The van der Waals surface area contributed by atoms with E-state index in [9.17, 15) is 4.79 Å². The summed E-state index contributed by atoms with van der Waals surface area (Å²) in [5, 5.41) is 4.53. The largest absolute Gasteiger partial charge is 0.309 e. The van der Waals surface area contributed by atoms with Gasteiger partial charge in [-0.2, -0.15) is 0 Å². The van der Waals surface area contributed by atoms with E-state index in [1.54, 1.807) is 18.2 Å². The molecule has 1 aromatic heterocycles. The summed E-state index contributed by atoms with van der Waals surface area (Å²) in [6.45, 7) is 5.10. The summed E-state index contributed by atoms with van der Waals surface area (Å²) in [6.07, 6.45) is 3.53. The molecule has 1 atom stereocenters. The average molecular weight is 294 g/mol. The number of aromatic nitrogens is 2. The molecule has 108 valence electrons. The molecule has 4 nitrogen and oxygen atoms in total. The first-order valence-electron chi connectivity index (χ1n) is 7.04. The van der Waals surface area contributed by atoms with Gasteiger partial charge in [0.05, 0.1) is 16.9 Å². The van der Waals surface area contributed by atoms with Crippen LogP contribution in [0.3, 0.4) is 0 Å². The van der Waals surface area contributed by atoms with Crippen molar-refractivity contribution in [3.63, 3.8) is 0 Å². The van der Waals surface area contributed by atoms with Crippen LogP contribution in [0.15, 0.2) is 23.0 Å². The first kappa shape index (κ1) is 15.0. The molecule has 20 heavy (non-hydrogen) atoms. The van der Waals surface area contributed by atoms with E-state index >= 15 is 0 Å². The highest BCUT2D eigenvalue weighted by Crippen LogP contribution is 2.16. The Kier molecular flexibility index (Phi) is 5.15. The quantitative estimate of drug-likeness (QED) is 0.802. The Morgan fingerprint density at radius 2 is 2.20 bits per heavy atom. The van der Waals surface area contributed by atoms with Crippen molar-refractivity contribution in [2.24, 2.45) is 0 Å². The zero-order valence-electron chi connectivity index (χ0n) is 11.9. The Balaban J connectivity index is 2.19. The Morgan fingerprint density at radius 1 is 1.40 bits per heavy atom. The van der Waals surface area contributed by atoms with Gasteiger partial charge in [0.15, 0.2) is 0 Å². The Hall–Kier alpha value is -1.39. The maximum Gasteiger partial charge on any atom is 0.258 e. The van der Waals surface area contributed by atoms with Gasteiger partial charge in [0, 0.05) is 5.02 Å². The topological polar surface area (TPSA) is 57.8 Å². The van der Waals surface area contributed by atoms with Gasteiger partial charge in [-0.05, 0) is 38.1 Å². The summed E-state index contributed by atoms with van der Waals surface area (Å²) in [4.78, 5) is 19.4. The van der Waals surface area contributed by atoms with Gasteiger partial charge in [0.25, 0.3) is 5.56 Å². The van der Waals surface area contributed by atoms with Gasteiger partial charge >= 0.3 is 0 Å². The van der Waals surface area contributed by atoms with Crippen LogP contribution in [-0.2, 0) is 0 Å². The summed E-state index contributed by atoms with van der Waals surface area (Å²) in [5.74, 6) is 0.654. The minimum atomic E-state index is -0.121. The number of nitrogens with one attached hydrogen (secondary N) is 2. The van der Waals surface area contributed by atoms with Gasteiger partial charge in [-0.1, -0.05) is 31.4 Å². The van der Waals surface area contributed by atoms with Gasteiger partial charge in [-0.3, -0.25) is 4.79 Å². The lowest BCUT2D eigenvalue weighted by Gasteiger charge is -2.13. The maximum absolute atomic E-state index is 12.0. The van der Waals surface area contributed by atoms with Gasteiger partial charge < -0.3 is 10.3 Å². The minimum Gasteiger partial charge on any atom is -0.309 e. The van der Waals surface area contributed by atoms with E-state index in [0.717, 1.165) is 13.0 Å². The van der Waals surface area contributed by atoms with Crippen molar-refractivity contribution in [3.8, 4) is 0 Å². The van der Waals surface area contributed by atoms with E-state index < -0.39 is 0 Å². The molecular formula is C15H20ClN3O. The van der Waals surface area contributed by atoms with Gasteiger partial charge in [-0.25, -0.2) is 4.98 Å². The summed E-state index contributed by atoms with van der Waals surface area (Å²) >= 11 is 5.95. The van der Waals surface area contributed by atoms with Crippen LogP contribution in [0.4, 0.5) is 0 Å². The summed E-state index contributed by atoms with van der Waals surface area (Å²) < 4.78 is 0. The maximum atomic E-state index is 12.0. The fraction of sp³-hybridized carbons (Fsp3) is 0.467. The third kappa shape index (κ3) is 3.58. The van der Waals surface area contributed by atoms with Crippen LogP contribution in [0, 0.1) is 0 Å². The van der Waals surface area contributed by atoms with Crippen molar-refractivity contribution in [1.82, 2.24) is 15.3 Å². The highest BCUT2D eigenvalue weighted by molar-refractivity contribution is 6.31. The van der Waals surface area contributed by atoms with E-state index in [2.05, 4.69) is 22.2 Å². The molecule has 2 rings (SSSR count). The van der Waals surface area contributed by atoms with Crippen LogP contribution in [0.2, 0.25) is 5.02 Å². The fourth-order valence-corrected chi connectivity index (χ4v) is 2.29. The molecule has 1 heterocycles. The number of halogens is 1. The molecule has 2 aromatic rings. The van der Waals surface area contributed by atoms with Crippen molar-refractivity contribution in [3.05, 3.63) is 39.4 Å². The van der Waals surface area contributed by atoms with Crippen molar-refractivity contribution >= 4 is 22.5 Å². The number of hydrogen-bond acceptors (Lipinski definition) is 3.